The van der Waals surface area contributed by atoms with Gasteiger partial charge < -0.3 is 9.80 Å². The van der Waals surface area contributed by atoms with Gasteiger partial charge in [0.25, 0.3) is 5.91 Å². The highest BCUT2D eigenvalue weighted by atomic mass is 16.2. The zero-order chi connectivity index (χ0) is 25.1. The number of carbonyl (C=O) groups excluding carboxylic acids is 1. The summed E-state index contributed by atoms with van der Waals surface area (Å²) in [7, 11) is 0. The molecule has 0 spiro atoms. The maximum absolute atomic E-state index is 13.1. The molecule has 0 aliphatic carbocycles. The number of benzene rings is 2. The molecule has 0 bridgehead atoms. The number of aromatic nitrogens is 4. The van der Waals surface area contributed by atoms with E-state index in [0.717, 1.165) is 5.56 Å². The summed E-state index contributed by atoms with van der Waals surface area (Å²) in [5.74, 6) is 0.638. The minimum atomic E-state index is -0.587. The van der Waals surface area contributed by atoms with E-state index in [0.29, 0.717) is 48.7 Å². The van der Waals surface area contributed by atoms with Gasteiger partial charge in [-0.25, -0.2) is 9.97 Å². The number of hydrogen-bond donors (Lipinski definition) is 0. The van der Waals surface area contributed by atoms with Gasteiger partial charge in [-0.3, -0.25) is 23.5 Å². The fourth-order valence-electron chi connectivity index (χ4n) is 4.52. The number of allylic oxidation sites excluding steroid dienone is 1. The number of rotatable bonds is 6. The van der Waals surface area contributed by atoms with E-state index >= 15 is 0 Å². The number of anilines is 1. The lowest BCUT2D eigenvalue weighted by atomic mass is 10.1. The summed E-state index contributed by atoms with van der Waals surface area (Å²) in [6, 6.07) is 16.3. The number of amides is 1. The van der Waals surface area contributed by atoms with E-state index in [1.54, 1.807) is 36.7 Å². The normalized spacial score (nSPS) is 13.7. The van der Waals surface area contributed by atoms with Gasteiger partial charge in [0.15, 0.2) is 0 Å². The first-order valence-electron chi connectivity index (χ1n) is 11.8. The number of piperazine rings is 1. The van der Waals surface area contributed by atoms with E-state index in [9.17, 15) is 14.4 Å². The standard InChI is InChI=1S/C27H26N6O3/c1-2-14-32-22-6-3-4-7-23(22)33(26(36)25(32)35)19-20-8-10-21(11-9-20)24(34)30-15-17-31(18-16-30)27-28-12-5-13-29-27/h2-13H,1,14-19H2. The third kappa shape index (κ3) is 4.43. The number of fused-ring (bicyclic) bond motifs is 1. The predicted molar refractivity (Wildman–Crippen MR) is 138 cm³/mol. The lowest BCUT2D eigenvalue weighted by molar-refractivity contribution is 0.0746. The van der Waals surface area contributed by atoms with Crippen LogP contribution < -0.4 is 16.0 Å². The van der Waals surface area contributed by atoms with Crippen LogP contribution in [0.15, 0.2) is 89.2 Å². The Hall–Kier alpha value is -4.53. The second-order valence-electron chi connectivity index (χ2n) is 8.61. The third-order valence-electron chi connectivity index (χ3n) is 6.39. The average molecular weight is 483 g/mol. The SMILES string of the molecule is C=CCn1c(=O)c(=O)n(Cc2ccc(C(=O)N3CCN(c4ncccn4)CC3)cc2)c2ccccc21. The first kappa shape index (κ1) is 23.2. The van der Waals surface area contributed by atoms with Crippen molar-refractivity contribution in [3.8, 4) is 0 Å². The van der Waals surface area contributed by atoms with Crippen LogP contribution in [0.5, 0.6) is 0 Å². The lowest BCUT2D eigenvalue weighted by Gasteiger charge is -2.34. The monoisotopic (exact) mass is 482 g/mol. The van der Waals surface area contributed by atoms with Crippen LogP contribution in [0.4, 0.5) is 5.95 Å². The van der Waals surface area contributed by atoms with Crippen molar-refractivity contribution < 1.29 is 4.79 Å². The van der Waals surface area contributed by atoms with Gasteiger partial charge in [0.1, 0.15) is 0 Å². The van der Waals surface area contributed by atoms with E-state index in [4.69, 9.17) is 0 Å². The van der Waals surface area contributed by atoms with Crippen LogP contribution in [0.1, 0.15) is 15.9 Å². The van der Waals surface area contributed by atoms with E-state index in [1.807, 2.05) is 41.3 Å². The molecule has 2 aromatic carbocycles. The summed E-state index contributed by atoms with van der Waals surface area (Å²) in [5, 5.41) is 0. The van der Waals surface area contributed by atoms with Crippen molar-refractivity contribution in [1.29, 1.82) is 0 Å². The van der Waals surface area contributed by atoms with Crippen molar-refractivity contribution in [3.05, 3.63) is 111 Å². The first-order valence-corrected chi connectivity index (χ1v) is 11.8. The Labute approximate surface area is 207 Å². The fraction of sp³-hybridized carbons (Fsp3) is 0.222. The Morgan fingerprint density at radius 3 is 2.08 bits per heavy atom. The van der Waals surface area contributed by atoms with Crippen LogP contribution >= 0.6 is 0 Å². The molecule has 1 fully saturated rings. The maximum Gasteiger partial charge on any atom is 0.317 e. The van der Waals surface area contributed by atoms with Crippen LogP contribution in [-0.4, -0.2) is 56.1 Å². The van der Waals surface area contributed by atoms with Gasteiger partial charge in [0, 0.05) is 50.7 Å². The van der Waals surface area contributed by atoms with Gasteiger partial charge in [0.2, 0.25) is 5.95 Å². The largest absolute Gasteiger partial charge is 0.337 e. The number of para-hydroxylation sites is 2. The maximum atomic E-state index is 13.1. The summed E-state index contributed by atoms with van der Waals surface area (Å²) < 4.78 is 2.92. The molecule has 0 radical (unpaired) electrons. The smallest absolute Gasteiger partial charge is 0.317 e. The van der Waals surface area contributed by atoms with E-state index in [-0.39, 0.29) is 19.0 Å². The molecule has 182 valence electrons. The molecule has 0 unspecified atom stereocenters. The van der Waals surface area contributed by atoms with Crippen molar-refractivity contribution in [3.63, 3.8) is 0 Å². The van der Waals surface area contributed by atoms with Gasteiger partial charge in [-0.1, -0.05) is 30.3 Å². The highest BCUT2D eigenvalue weighted by Crippen LogP contribution is 2.16. The van der Waals surface area contributed by atoms with Gasteiger partial charge in [-0.15, -0.1) is 6.58 Å². The van der Waals surface area contributed by atoms with Crippen LogP contribution in [0.25, 0.3) is 11.0 Å². The summed E-state index contributed by atoms with van der Waals surface area (Å²) in [5.41, 5.74) is 1.59. The van der Waals surface area contributed by atoms with Crippen LogP contribution in [-0.2, 0) is 13.1 Å². The molecule has 9 heteroatoms. The minimum Gasteiger partial charge on any atom is -0.337 e. The van der Waals surface area contributed by atoms with Gasteiger partial charge in [-0.05, 0) is 35.9 Å². The zero-order valence-corrected chi connectivity index (χ0v) is 19.8. The molecule has 2 aromatic heterocycles. The van der Waals surface area contributed by atoms with E-state index < -0.39 is 11.1 Å². The van der Waals surface area contributed by atoms with E-state index in [2.05, 4.69) is 21.4 Å². The topological polar surface area (TPSA) is 93.3 Å². The summed E-state index contributed by atoms with van der Waals surface area (Å²) in [4.78, 5) is 51.2. The van der Waals surface area contributed by atoms with Crippen LogP contribution in [0.3, 0.4) is 0 Å². The molecule has 0 saturated carbocycles. The highest BCUT2D eigenvalue weighted by molar-refractivity contribution is 5.94. The molecule has 0 atom stereocenters. The molecule has 1 aliphatic rings. The molecule has 1 aliphatic heterocycles. The summed E-state index contributed by atoms with van der Waals surface area (Å²) in [6.45, 7) is 6.69. The van der Waals surface area contributed by atoms with Gasteiger partial charge >= 0.3 is 11.1 Å². The molecular weight excluding hydrogens is 456 g/mol. The number of carbonyl (C=O) groups is 1. The fourth-order valence-corrected chi connectivity index (χ4v) is 4.52. The second kappa shape index (κ2) is 9.99. The van der Waals surface area contributed by atoms with Crippen molar-refractivity contribution in [2.24, 2.45) is 0 Å². The number of hydrogen-bond acceptors (Lipinski definition) is 6. The molecule has 36 heavy (non-hydrogen) atoms. The second-order valence-corrected chi connectivity index (χ2v) is 8.61. The Balaban J connectivity index is 1.32. The molecule has 5 rings (SSSR count). The molecule has 9 nitrogen and oxygen atoms in total. The Morgan fingerprint density at radius 1 is 0.833 bits per heavy atom. The number of nitrogens with zero attached hydrogens (tertiary/aromatic N) is 6. The summed E-state index contributed by atoms with van der Waals surface area (Å²) in [6.07, 6.45) is 5.03. The van der Waals surface area contributed by atoms with Gasteiger partial charge in [-0.2, -0.15) is 0 Å². The minimum absolute atomic E-state index is 0.0372. The van der Waals surface area contributed by atoms with E-state index in [1.165, 1.54) is 9.13 Å². The van der Waals surface area contributed by atoms with Gasteiger partial charge in [0.05, 0.1) is 17.6 Å². The van der Waals surface area contributed by atoms with Crippen molar-refractivity contribution >= 4 is 22.9 Å². The first-order chi connectivity index (χ1) is 17.6. The zero-order valence-electron chi connectivity index (χ0n) is 19.8. The van der Waals surface area contributed by atoms with Crippen molar-refractivity contribution in [2.45, 2.75) is 13.1 Å². The van der Waals surface area contributed by atoms with Crippen LogP contribution in [0.2, 0.25) is 0 Å². The molecule has 0 N–H and O–H groups in total. The Kier molecular flexibility index (Phi) is 6.44. The Morgan fingerprint density at radius 2 is 1.44 bits per heavy atom. The average Bonchev–Trinajstić information content (AvgIpc) is 2.94. The summed E-state index contributed by atoms with van der Waals surface area (Å²) >= 11 is 0. The highest BCUT2D eigenvalue weighted by Gasteiger charge is 2.23. The molecule has 1 saturated heterocycles. The predicted octanol–water partition coefficient (Wildman–Crippen LogP) is 2.15. The molecular formula is C27H26N6O3. The van der Waals surface area contributed by atoms with Crippen molar-refractivity contribution in [2.75, 3.05) is 31.1 Å². The molecule has 4 aromatic rings. The van der Waals surface area contributed by atoms with Crippen molar-refractivity contribution in [1.82, 2.24) is 24.0 Å². The third-order valence-corrected chi connectivity index (χ3v) is 6.39. The van der Waals surface area contributed by atoms with Crippen LogP contribution in [0, 0.1) is 0 Å². The lowest BCUT2D eigenvalue weighted by Crippen LogP contribution is -2.49. The molecule has 1 amide bonds. The Bertz CT molecular complexity index is 1520. The quantitative estimate of drug-likeness (QED) is 0.309. The molecule has 3 heterocycles.